The molecule has 22 heavy (non-hydrogen) atoms. The highest BCUT2D eigenvalue weighted by molar-refractivity contribution is 5.94. The number of likely N-dealkylation sites (N-methyl/N-ethyl adjacent to an activating group) is 1. The summed E-state index contributed by atoms with van der Waals surface area (Å²) in [6.45, 7) is 0.602. The summed E-state index contributed by atoms with van der Waals surface area (Å²) in [6.07, 6.45) is 1.94. The van der Waals surface area contributed by atoms with Crippen molar-refractivity contribution in [2.24, 2.45) is 0 Å². The second kappa shape index (κ2) is 7.22. The molecule has 7 heteroatoms. The van der Waals surface area contributed by atoms with Crippen LogP contribution in [0.5, 0.6) is 5.75 Å². The van der Waals surface area contributed by atoms with Gasteiger partial charge in [0.25, 0.3) is 5.91 Å². The van der Waals surface area contributed by atoms with Gasteiger partial charge in [0.15, 0.2) is 18.1 Å². The third-order valence-electron chi connectivity index (χ3n) is 3.35. The monoisotopic (exact) mass is 310 g/mol. The second-order valence-electron chi connectivity index (χ2n) is 5.58. The molecule has 1 aliphatic rings. The van der Waals surface area contributed by atoms with Gasteiger partial charge in [-0.15, -0.1) is 0 Å². The lowest BCUT2D eigenvalue weighted by Gasteiger charge is -2.14. The van der Waals surface area contributed by atoms with Crippen molar-refractivity contribution >= 4 is 11.9 Å². The second-order valence-corrected chi connectivity index (χ2v) is 5.58. The quantitative estimate of drug-likeness (QED) is 0.683. The lowest BCUT2D eigenvalue weighted by atomic mass is 10.2. The summed E-state index contributed by atoms with van der Waals surface area (Å²) < 4.78 is 18.5. The minimum absolute atomic E-state index is 0.131. The van der Waals surface area contributed by atoms with E-state index in [-0.39, 0.29) is 24.2 Å². The Morgan fingerprint density at radius 3 is 2.73 bits per heavy atom. The van der Waals surface area contributed by atoms with Gasteiger partial charge in [-0.25, -0.2) is 9.18 Å². The lowest BCUT2D eigenvalue weighted by molar-refractivity contribution is -0.885. The van der Waals surface area contributed by atoms with Crippen LogP contribution in [0.2, 0.25) is 0 Å². The Bertz CT molecular complexity index is 561. The number of methoxy groups -OCH3 is 1. The van der Waals surface area contributed by atoms with Gasteiger partial charge in [-0.1, -0.05) is 0 Å². The molecule has 1 saturated carbocycles. The van der Waals surface area contributed by atoms with Crippen LogP contribution in [-0.4, -0.2) is 38.7 Å². The zero-order chi connectivity index (χ0) is 16.1. The number of nitrogens with one attached hydrogen (secondary N) is 3. The van der Waals surface area contributed by atoms with Gasteiger partial charge in [0.05, 0.1) is 14.2 Å². The summed E-state index contributed by atoms with van der Waals surface area (Å²) in [4.78, 5) is 24.0. The molecule has 120 valence electrons. The average molecular weight is 310 g/mol. The Hall–Kier alpha value is -2.15. The molecule has 1 fully saturated rings. The van der Waals surface area contributed by atoms with Crippen LogP contribution in [0.1, 0.15) is 18.4 Å². The fraction of sp³-hybridized carbons (Fsp3) is 0.467. The molecule has 0 heterocycles. The predicted octanol–water partition coefficient (Wildman–Crippen LogP) is -0.163. The zero-order valence-electron chi connectivity index (χ0n) is 12.7. The van der Waals surface area contributed by atoms with Gasteiger partial charge in [0, 0.05) is 11.6 Å². The van der Waals surface area contributed by atoms with E-state index in [2.05, 4.69) is 10.6 Å². The van der Waals surface area contributed by atoms with Gasteiger partial charge < -0.3 is 15.0 Å². The first-order valence-corrected chi connectivity index (χ1v) is 7.22. The summed E-state index contributed by atoms with van der Waals surface area (Å²) in [5, 5.41) is 4.98. The summed E-state index contributed by atoms with van der Waals surface area (Å²) in [5.74, 6) is -0.596. The fourth-order valence-electron chi connectivity index (χ4n) is 2.12. The van der Waals surface area contributed by atoms with E-state index >= 15 is 0 Å². The van der Waals surface area contributed by atoms with Crippen LogP contribution >= 0.6 is 0 Å². The first kappa shape index (κ1) is 16.2. The Morgan fingerprint density at radius 1 is 1.41 bits per heavy atom. The molecule has 0 aliphatic heterocycles. The third kappa shape index (κ3) is 5.00. The number of carbonyl (C=O) groups is 2. The molecule has 0 saturated heterocycles. The van der Waals surface area contributed by atoms with E-state index < -0.39 is 11.8 Å². The van der Waals surface area contributed by atoms with Crippen molar-refractivity contribution in [1.82, 2.24) is 10.6 Å². The standard InChI is InChI=1S/C15H20FN3O3/c1-19(8-10-3-6-13(22-2)12(16)7-10)9-14(20)18-15(21)17-11-4-5-11/h3,6-7,11H,4-5,8-9H2,1-2H3,(H2,17,18,20,21)/p+1. The average Bonchev–Trinajstić information content (AvgIpc) is 3.22. The van der Waals surface area contributed by atoms with Gasteiger partial charge in [0.1, 0.15) is 6.54 Å². The maximum Gasteiger partial charge on any atom is 0.321 e. The molecule has 0 radical (unpaired) electrons. The van der Waals surface area contributed by atoms with Crippen molar-refractivity contribution in [1.29, 1.82) is 0 Å². The Morgan fingerprint density at radius 2 is 2.14 bits per heavy atom. The number of benzene rings is 1. The van der Waals surface area contributed by atoms with Crippen molar-refractivity contribution in [3.63, 3.8) is 0 Å². The van der Waals surface area contributed by atoms with Crippen LogP contribution in [0.4, 0.5) is 9.18 Å². The maximum absolute atomic E-state index is 13.6. The van der Waals surface area contributed by atoms with E-state index in [0.29, 0.717) is 6.54 Å². The Labute approximate surface area is 128 Å². The molecular formula is C15H21FN3O3+. The number of hydrogen-bond acceptors (Lipinski definition) is 3. The SMILES string of the molecule is COc1ccc(C[NH+](C)CC(=O)NC(=O)NC2CC2)cc1F. The number of ether oxygens (including phenoxy) is 1. The lowest BCUT2D eigenvalue weighted by Crippen LogP contribution is -3.09. The van der Waals surface area contributed by atoms with Crippen LogP contribution in [-0.2, 0) is 11.3 Å². The van der Waals surface area contributed by atoms with E-state index in [1.807, 2.05) is 0 Å². The normalized spacial score (nSPS) is 15.0. The topological polar surface area (TPSA) is 71.9 Å². The van der Waals surface area contributed by atoms with Crippen LogP contribution in [0.25, 0.3) is 0 Å². The highest BCUT2D eigenvalue weighted by Crippen LogP contribution is 2.18. The highest BCUT2D eigenvalue weighted by atomic mass is 19.1. The van der Waals surface area contributed by atoms with Crippen molar-refractivity contribution in [2.75, 3.05) is 20.7 Å². The first-order chi connectivity index (χ1) is 10.5. The van der Waals surface area contributed by atoms with Crippen molar-refractivity contribution in [3.05, 3.63) is 29.6 Å². The molecule has 1 aromatic rings. The van der Waals surface area contributed by atoms with Crippen LogP contribution in [0.15, 0.2) is 18.2 Å². The molecule has 0 bridgehead atoms. The van der Waals surface area contributed by atoms with Crippen molar-refractivity contribution in [2.45, 2.75) is 25.4 Å². The van der Waals surface area contributed by atoms with E-state index in [1.54, 1.807) is 19.2 Å². The molecule has 3 amide bonds. The van der Waals surface area contributed by atoms with Crippen molar-refractivity contribution in [3.8, 4) is 5.75 Å². The molecule has 3 N–H and O–H groups in total. The molecule has 0 spiro atoms. The Kier molecular flexibility index (Phi) is 5.32. The highest BCUT2D eigenvalue weighted by Gasteiger charge is 2.24. The number of rotatable bonds is 6. The van der Waals surface area contributed by atoms with E-state index in [9.17, 15) is 14.0 Å². The molecule has 2 rings (SSSR count). The first-order valence-electron chi connectivity index (χ1n) is 7.22. The summed E-state index contributed by atoms with van der Waals surface area (Å²) >= 11 is 0. The molecule has 1 unspecified atom stereocenters. The number of halogens is 1. The number of quaternary nitrogens is 1. The Balaban J connectivity index is 1.78. The largest absolute Gasteiger partial charge is 0.494 e. The van der Waals surface area contributed by atoms with Crippen molar-refractivity contribution < 1.29 is 23.6 Å². The van der Waals surface area contributed by atoms with E-state index in [0.717, 1.165) is 23.3 Å². The molecular weight excluding hydrogens is 289 g/mol. The minimum Gasteiger partial charge on any atom is -0.494 e. The van der Waals surface area contributed by atoms with Gasteiger partial charge in [-0.2, -0.15) is 0 Å². The zero-order valence-corrected chi connectivity index (χ0v) is 12.7. The molecule has 1 atom stereocenters. The van der Waals surface area contributed by atoms with Crippen LogP contribution in [0.3, 0.4) is 0 Å². The van der Waals surface area contributed by atoms with E-state index in [1.165, 1.54) is 13.2 Å². The number of carbonyl (C=O) groups excluding carboxylic acids is 2. The molecule has 1 aromatic carbocycles. The van der Waals surface area contributed by atoms with E-state index in [4.69, 9.17) is 4.74 Å². The molecule has 6 nitrogen and oxygen atoms in total. The number of hydrogen-bond donors (Lipinski definition) is 3. The maximum atomic E-state index is 13.6. The van der Waals surface area contributed by atoms with Crippen LogP contribution in [0, 0.1) is 5.82 Å². The fourth-order valence-corrected chi connectivity index (χ4v) is 2.12. The smallest absolute Gasteiger partial charge is 0.321 e. The minimum atomic E-state index is -0.448. The third-order valence-corrected chi connectivity index (χ3v) is 3.35. The number of imide groups is 1. The van der Waals surface area contributed by atoms with Gasteiger partial charge in [0.2, 0.25) is 0 Å². The number of urea groups is 1. The van der Waals surface area contributed by atoms with Gasteiger partial charge in [-0.3, -0.25) is 10.1 Å². The molecule has 1 aliphatic carbocycles. The predicted molar refractivity (Wildman–Crippen MR) is 78.1 cm³/mol. The summed E-state index contributed by atoms with van der Waals surface area (Å²) in [6, 6.07) is 4.46. The summed E-state index contributed by atoms with van der Waals surface area (Å²) in [7, 11) is 3.22. The van der Waals surface area contributed by atoms with Crippen LogP contribution < -0.4 is 20.3 Å². The summed E-state index contributed by atoms with van der Waals surface area (Å²) in [5.41, 5.74) is 0.756. The van der Waals surface area contributed by atoms with Gasteiger partial charge >= 0.3 is 6.03 Å². The number of amides is 3. The molecule has 0 aromatic heterocycles. The van der Waals surface area contributed by atoms with Gasteiger partial charge in [-0.05, 0) is 31.0 Å².